The lowest BCUT2D eigenvalue weighted by molar-refractivity contribution is 0.320. The second kappa shape index (κ2) is 6.52. The van der Waals surface area contributed by atoms with Crippen LogP contribution in [0, 0.1) is 0 Å². The Labute approximate surface area is 115 Å². The third kappa shape index (κ3) is 3.55. The van der Waals surface area contributed by atoms with Gasteiger partial charge in [-0.1, -0.05) is 22.0 Å². The molecule has 1 aromatic carbocycles. The van der Waals surface area contributed by atoms with Crippen molar-refractivity contribution in [2.75, 3.05) is 6.61 Å². The van der Waals surface area contributed by atoms with Crippen molar-refractivity contribution in [1.29, 1.82) is 0 Å². The molecule has 0 unspecified atom stereocenters. The van der Waals surface area contributed by atoms with Gasteiger partial charge in [0.25, 0.3) is 0 Å². The first-order valence-electron chi connectivity index (χ1n) is 5.81. The lowest BCUT2D eigenvalue weighted by Crippen LogP contribution is -2.04. The molecule has 2 aromatic rings. The molecule has 94 valence electrons. The summed E-state index contributed by atoms with van der Waals surface area (Å²) in [4.78, 5) is 4.25. The van der Waals surface area contributed by atoms with Crippen LogP contribution in [0.1, 0.15) is 11.3 Å². The van der Waals surface area contributed by atoms with Gasteiger partial charge in [0.2, 0.25) is 0 Å². The van der Waals surface area contributed by atoms with Crippen LogP contribution in [0.15, 0.2) is 47.1 Å². The van der Waals surface area contributed by atoms with Gasteiger partial charge in [-0.2, -0.15) is 0 Å². The van der Waals surface area contributed by atoms with Gasteiger partial charge in [0.05, 0.1) is 6.61 Å². The van der Waals surface area contributed by atoms with Crippen LogP contribution in [0.2, 0.25) is 0 Å². The molecule has 0 spiro atoms. The Hall–Kier alpha value is -1.39. The first-order valence-corrected chi connectivity index (χ1v) is 6.60. The highest BCUT2D eigenvalue weighted by Crippen LogP contribution is 2.22. The van der Waals surface area contributed by atoms with Crippen molar-refractivity contribution in [2.45, 2.75) is 13.0 Å². The Kier molecular flexibility index (Phi) is 4.73. The van der Waals surface area contributed by atoms with Crippen LogP contribution in [-0.2, 0) is 13.0 Å². The second-order valence-corrected chi connectivity index (χ2v) is 4.73. The van der Waals surface area contributed by atoms with Gasteiger partial charge in [0, 0.05) is 29.3 Å². The molecule has 0 bridgehead atoms. The van der Waals surface area contributed by atoms with Gasteiger partial charge in [-0.3, -0.25) is 4.98 Å². The number of hydrogen-bond donors (Lipinski definition) is 1. The summed E-state index contributed by atoms with van der Waals surface area (Å²) in [5.74, 6) is 0.842. The summed E-state index contributed by atoms with van der Waals surface area (Å²) in [6.45, 7) is 1.11. The highest BCUT2D eigenvalue weighted by Gasteiger charge is 2.01. The summed E-state index contributed by atoms with van der Waals surface area (Å²) < 4.78 is 6.71. The molecule has 1 aromatic heterocycles. The fourth-order valence-electron chi connectivity index (χ4n) is 1.62. The minimum absolute atomic E-state index is 0.498. The average Bonchev–Trinajstić information content (AvgIpc) is 2.42. The van der Waals surface area contributed by atoms with Crippen LogP contribution in [0.5, 0.6) is 5.75 Å². The maximum Gasteiger partial charge on any atom is 0.119 e. The molecule has 18 heavy (non-hydrogen) atoms. The summed E-state index contributed by atoms with van der Waals surface area (Å²) in [6.07, 6.45) is 2.59. The van der Waals surface area contributed by atoms with Crippen molar-refractivity contribution in [1.82, 2.24) is 4.98 Å². The number of ether oxygens (including phenoxy) is 1. The van der Waals surface area contributed by atoms with E-state index < -0.39 is 0 Å². The van der Waals surface area contributed by atoms with Crippen LogP contribution in [-0.4, -0.2) is 11.6 Å². The van der Waals surface area contributed by atoms with Gasteiger partial charge in [-0.05, 0) is 35.9 Å². The molecular formula is C14H15BrN2O. The van der Waals surface area contributed by atoms with Crippen LogP contribution < -0.4 is 10.5 Å². The van der Waals surface area contributed by atoms with Crippen LogP contribution in [0.3, 0.4) is 0 Å². The highest BCUT2D eigenvalue weighted by molar-refractivity contribution is 9.10. The Bertz CT molecular complexity index is 502. The fourth-order valence-corrected chi connectivity index (χ4v) is 2.03. The van der Waals surface area contributed by atoms with Crippen molar-refractivity contribution in [3.63, 3.8) is 0 Å². The average molecular weight is 307 g/mol. The van der Waals surface area contributed by atoms with E-state index in [1.807, 2.05) is 36.4 Å². The predicted molar refractivity (Wildman–Crippen MR) is 75.5 cm³/mol. The van der Waals surface area contributed by atoms with Crippen molar-refractivity contribution >= 4 is 15.9 Å². The molecule has 2 rings (SSSR count). The topological polar surface area (TPSA) is 48.1 Å². The normalized spacial score (nSPS) is 10.3. The molecule has 0 atom stereocenters. The molecule has 2 N–H and O–H groups in total. The molecule has 0 radical (unpaired) electrons. The first kappa shape index (κ1) is 13.1. The van der Waals surface area contributed by atoms with Crippen molar-refractivity contribution in [2.24, 2.45) is 5.73 Å². The highest BCUT2D eigenvalue weighted by atomic mass is 79.9. The minimum atomic E-state index is 0.498. The molecule has 1 heterocycles. The maximum absolute atomic E-state index is 5.69. The lowest BCUT2D eigenvalue weighted by Gasteiger charge is -2.08. The van der Waals surface area contributed by atoms with Gasteiger partial charge in [0.1, 0.15) is 5.75 Å². The number of halogens is 1. The lowest BCUT2D eigenvalue weighted by atomic mass is 10.2. The molecular weight excluding hydrogens is 292 g/mol. The summed E-state index contributed by atoms with van der Waals surface area (Å²) >= 11 is 3.45. The molecule has 0 saturated carbocycles. The number of nitrogens with two attached hydrogens (primary N) is 1. The van der Waals surface area contributed by atoms with E-state index in [-0.39, 0.29) is 0 Å². The zero-order valence-corrected chi connectivity index (χ0v) is 11.6. The molecule has 0 aliphatic heterocycles. The summed E-state index contributed by atoms with van der Waals surface area (Å²) in [6, 6.07) is 11.7. The standard InChI is InChI=1S/C14H15BrN2O/c15-14-5-4-13(9-11(14)10-16)18-8-6-12-3-1-2-7-17-12/h1-5,7,9H,6,8,10,16H2. The molecule has 0 fully saturated rings. The SMILES string of the molecule is NCc1cc(OCCc2ccccn2)ccc1Br. The number of nitrogens with zero attached hydrogens (tertiary/aromatic N) is 1. The Morgan fingerprint density at radius 3 is 2.83 bits per heavy atom. The van der Waals surface area contributed by atoms with E-state index in [0.29, 0.717) is 13.2 Å². The van der Waals surface area contributed by atoms with Crippen LogP contribution >= 0.6 is 15.9 Å². The fraction of sp³-hybridized carbons (Fsp3) is 0.214. The van der Waals surface area contributed by atoms with Crippen molar-refractivity contribution < 1.29 is 4.74 Å². The zero-order chi connectivity index (χ0) is 12.8. The third-order valence-corrected chi connectivity index (χ3v) is 3.36. The molecule has 4 heteroatoms. The van der Waals surface area contributed by atoms with Gasteiger partial charge in [-0.15, -0.1) is 0 Å². The smallest absolute Gasteiger partial charge is 0.119 e. The van der Waals surface area contributed by atoms with Gasteiger partial charge < -0.3 is 10.5 Å². The van der Waals surface area contributed by atoms with Crippen LogP contribution in [0.4, 0.5) is 0 Å². The largest absolute Gasteiger partial charge is 0.493 e. The zero-order valence-electron chi connectivity index (χ0n) is 9.97. The van der Waals surface area contributed by atoms with E-state index in [2.05, 4.69) is 20.9 Å². The maximum atomic E-state index is 5.69. The Morgan fingerprint density at radius 2 is 2.11 bits per heavy atom. The molecule has 3 nitrogen and oxygen atoms in total. The third-order valence-electron chi connectivity index (χ3n) is 2.59. The molecule has 0 aliphatic rings. The van der Waals surface area contributed by atoms with E-state index in [9.17, 15) is 0 Å². The van der Waals surface area contributed by atoms with Gasteiger partial charge >= 0.3 is 0 Å². The minimum Gasteiger partial charge on any atom is -0.493 e. The number of pyridine rings is 1. The van der Waals surface area contributed by atoms with E-state index >= 15 is 0 Å². The Balaban J connectivity index is 1.91. The number of hydrogen-bond acceptors (Lipinski definition) is 3. The Morgan fingerprint density at radius 1 is 1.22 bits per heavy atom. The summed E-state index contributed by atoms with van der Waals surface area (Å²) in [7, 11) is 0. The van der Waals surface area contributed by atoms with E-state index in [4.69, 9.17) is 10.5 Å². The summed E-state index contributed by atoms with van der Waals surface area (Å²) in [5.41, 5.74) is 7.73. The molecule has 0 aliphatic carbocycles. The van der Waals surface area contributed by atoms with E-state index in [1.54, 1.807) is 6.20 Å². The van der Waals surface area contributed by atoms with Gasteiger partial charge in [0.15, 0.2) is 0 Å². The van der Waals surface area contributed by atoms with Crippen molar-refractivity contribution in [3.8, 4) is 5.75 Å². The number of aromatic nitrogens is 1. The van der Waals surface area contributed by atoms with Gasteiger partial charge in [-0.25, -0.2) is 0 Å². The molecule has 0 saturated heterocycles. The van der Waals surface area contributed by atoms with E-state index in [1.165, 1.54) is 0 Å². The monoisotopic (exact) mass is 306 g/mol. The second-order valence-electron chi connectivity index (χ2n) is 3.88. The molecule has 0 amide bonds. The van der Waals surface area contributed by atoms with E-state index in [0.717, 1.165) is 27.9 Å². The first-order chi connectivity index (χ1) is 8.79. The van der Waals surface area contributed by atoms with Crippen molar-refractivity contribution in [3.05, 3.63) is 58.3 Å². The summed E-state index contributed by atoms with van der Waals surface area (Å²) in [5, 5.41) is 0. The quantitative estimate of drug-likeness (QED) is 0.924. The number of benzene rings is 1. The predicted octanol–water partition coefficient (Wildman–Crippen LogP) is 2.92. The number of rotatable bonds is 5. The van der Waals surface area contributed by atoms with Crippen LogP contribution in [0.25, 0.3) is 0 Å².